The topological polar surface area (TPSA) is 73.6 Å². The van der Waals surface area contributed by atoms with E-state index in [4.69, 9.17) is 15.2 Å². The van der Waals surface area contributed by atoms with Crippen LogP contribution >= 0.6 is 12.4 Å². The third kappa shape index (κ3) is 5.77. The van der Waals surface area contributed by atoms with Gasteiger partial charge in [-0.2, -0.15) is 13.2 Å². The predicted molar refractivity (Wildman–Crippen MR) is 98.5 cm³/mol. The second kappa shape index (κ2) is 9.48. The number of benzene rings is 2. The molecule has 2 aromatic rings. The molecule has 3 N–H and O–H groups in total. The van der Waals surface area contributed by atoms with Crippen LogP contribution < -0.4 is 20.5 Å². The van der Waals surface area contributed by atoms with Crippen LogP contribution in [0.3, 0.4) is 0 Å². The molecule has 148 valence electrons. The molecule has 0 unspecified atom stereocenters. The van der Waals surface area contributed by atoms with Crippen LogP contribution in [0.25, 0.3) is 0 Å². The number of halogens is 4. The molecule has 2 aromatic carbocycles. The first-order valence-electron chi connectivity index (χ1n) is 7.69. The fraction of sp³-hybridized carbons (Fsp3) is 0.278. The van der Waals surface area contributed by atoms with Crippen molar-refractivity contribution in [2.45, 2.75) is 19.1 Å². The molecule has 0 saturated heterocycles. The zero-order valence-corrected chi connectivity index (χ0v) is 15.5. The number of ether oxygens (including phenoxy) is 2. The number of alkyl halides is 3. The lowest BCUT2D eigenvalue weighted by Gasteiger charge is -2.14. The van der Waals surface area contributed by atoms with E-state index in [-0.39, 0.29) is 36.6 Å². The molecule has 0 fully saturated rings. The van der Waals surface area contributed by atoms with Crippen LogP contribution in [0, 0.1) is 0 Å². The van der Waals surface area contributed by atoms with Crippen LogP contribution in [0.15, 0.2) is 36.4 Å². The number of carbonyl (C=O) groups is 1. The molecule has 0 bridgehead atoms. The van der Waals surface area contributed by atoms with Gasteiger partial charge in [-0.25, -0.2) is 0 Å². The fourth-order valence-corrected chi connectivity index (χ4v) is 2.51. The van der Waals surface area contributed by atoms with E-state index in [1.54, 1.807) is 18.2 Å². The Labute approximate surface area is 161 Å². The molecule has 0 saturated carbocycles. The minimum Gasteiger partial charge on any atom is -0.496 e. The second-order valence-electron chi connectivity index (χ2n) is 5.49. The molecule has 0 atom stereocenters. The van der Waals surface area contributed by atoms with Crippen LogP contribution in [0.2, 0.25) is 0 Å². The summed E-state index contributed by atoms with van der Waals surface area (Å²) in [5.74, 6) is 0.396. The number of methoxy groups -OCH3 is 2. The number of carbonyl (C=O) groups excluding carboxylic acids is 1. The zero-order chi connectivity index (χ0) is 19.3. The number of hydrogen-bond donors (Lipinski definition) is 2. The molecule has 0 aromatic heterocycles. The lowest BCUT2D eigenvalue weighted by molar-refractivity contribution is -0.137. The summed E-state index contributed by atoms with van der Waals surface area (Å²) in [5.41, 5.74) is 5.37. The monoisotopic (exact) mass is 404 g/mol. The second-order valence-corrected chi connectivity index (χ2v) is 5.49. The number of rotatable bonds is 6. The van der Waals surface area contributed by atoms with Gasteiger partial charge in [0.15, 0.2) is 0 Å². The van der Waals surface area contributed by atoms with E-state index in [1.165, 1.54) is 20.3 Å². The van der Waals surface area contributed by atoms with E-state index in [0.29, 0.717) is 17.1 Å². The summed E-state index contributed by atoms with van der Waals surface area (Å²) in [7, 11) is 2.91. The number of hydrogen-bond acceptors (Lipinski definition) is 4. The molecule has 1 amide bonds. The maximum absolute atomic E-state index is 13.0. The van der Waals surface area contributed by atoms with Crippen molar-refractivity contribution < 1.29 is 27.4 Å². The zero-order valence-electron chi connectivity index (χ0n) is 14.7. The molecule has 2 rings (SSSR count). The summed E-state index contributed by atoms with van der Waals surface area (Å²) in [6.45, 7) is -0.0763. The number of anilines is 1. The van der Waals surface area contributed by atoms with Crippen molar-refractivity contribution >= 4 is 24.0 Å². The van der Waals surface area contributed by atoms with Crippen LogP contribution in [-0.4, -0.2) is 20.1 Å². The van der Waals surface area contributed by atoms with Crippen molar-refractivity contribution in [3.05, 3.63) is 53.1 Å². The number of nitrogens with two attached hydrogens (primary N) is 1. The van der Waals surface area contributed by atoms with Crippen LogP contribution in [0.4, 0.5) is 18.9 Å². The Bertz CT molecular complexity index is 776. The molecule has 0 aliphatic rings. The van der Waals surface area contributed by atoms with E-state index >= 15 is 0 Å². The normalized spacial score (nSPS) is 10.7. The van der Waals surface area contributed by atoms with Crippen molar-refractivity contribution in [2.75, 3.05) is 19.5 Å². The van der Waals surface area contributed by atoms with Crippen LogP contribution in [0.1, 0.15) is 16.7 Å². The lowest BCUT2D eigenvalue weighted by Crippen LogP contribution is -2.17. The van der Waals surface area contributed by atoms with Gasteiger partial charge in [-0.15, -0.1) is 12.4 Å². The van der Waals surface area contributed by atoms with E-state index in [9.17, 15) is 18.0 Å². The van der Waals surface area contributed by atoms with Gasteiger partial charge in [0.2, 0.25) is 5.91 Å². The van der Waals surface area contributed by atoms with Gasteiger partial charge in [0.1, 0.15) is 11.5 Å². The third-order valence-corrected chi connectivity index (χ3v) is 3.71. The highest BCUT2D eigenvalue weighted by Gasteiger charge is 2.31. The Balaban J connectivity index is 0.00000364. The van der Waals surface area contributed by atoms with Crippen molar-refractivity contribution in [3.8, 4) is 11.5 Å². The molecule has 27 heavy (non-hydrogen) atoms. The first-order valence-corrected chi connectivity index (χ1v) is 7.69. The van der Waals surface area contributed by atoms with E-state index < -0.39 is 17.6 Å². The van der Waals surface area contributed by atoms with Crippen molar-refractivity contribution in [1.29, 1.82) is 0 Å². The van der Waals surface area contributed by atoms with Gasteiger partial charge >= 0.3 is 6.18 Å². The number of nitrogens with one attached hydrogen (secondary N) is 1. The quantitative estimate of drug-likeness (QED) is 0.768. The summed E-state index contributed by atoms with van der Waals surface area (Å²) in [6.07, 6.45) is -4.65. The molecule has 0 radical (unpaired) electrons. The van der Waals surface area contributed by atoms with Crippen molar-refractivity contribution in [2.24, 2.45) is 5.73 Å². The SMILES string of the molecule is COc1cccc(OC)c1CC(=O)Nc1cc(CN)cc(C(F)(F)F)c1.Cl. The minimum absolute atomic E-state index is 0. The molecule has 9 heteroatoms. The number of amides is 1. The highest BCUT2D eigenvalue weighted by atomic mass is 35.5. The molecule has 0 aliphatic heterocycles. The maximum Gasteiger partial charge on any atom is 0.416 e. The van der Waals surface area contributed by atoms with Crippen LogP contribution in [0.5, 0.6) is 11.5 Å². The van der Waals surface area contributed by atoms with Gasteiger partial charge in [-0.1, -0.05) is 6.07 Å². The molecule has 5 nitrogen and oxygen atoms in total. The Morgan fingerprint density at radius 3 is 2.19 bits per heavy atom. The maximum atomic E-state index is 13.0. The molecule has 0 heterocycles. The first-order chi connectivity index (χ1) is 12.3. The van der Waals surface area contributed by atoms with Gasteiger partial charge in [0.05, 0.1) is 26.2 Å². The van der Waals surface area contributed by atoms with Gasteiger partial charge in [0.25, 0.3) is 0 Å². The van der Waals surface area contributed by atoms with E-state index in [0.717, 1.165) is 12.1 Å². The predicted octanol–water partition coefficient (Wildman–Crippen LogP) is 3.78. The van der Waals surface area contributed by atoms with Gasteiger partial charge in [-0.05, 0) is 35.9 Å². The Morgan fingerprint density at radius 1 is 1.11 bits per heavy atom. The highest BCUT2D eigenvalue weighted by molar-refractivity contribution is 5.93. The van der Waals surface area contributed by atoms with Gasteiger partial charge in [0, 0.05) is 17.8 Å². The average Bonchev–Trinajstić information content (AvgIpc) is 2.60. The van der Waals surface area contributed by atoms with E-state index in [2.05, 4.69) is 5.32 Å². The summed E-state index contributed by atoms with van der Waals surface area (Å²) >= 11 is 0. The van der Waals surface area contributed by atoms with Crippen molar-refractivity contribution in [1.82, 2.24) is 0 Å². The molecule has 0 aliphatic carbocycles. The van der Waals surface area contributed by atoms with E-state index in [1.807, 2.05) is 0 Å². The summed E-state index contributed by atoms with van der Waals surface area (Å²) in [4.78, 5) is 12.3. The standard InChI is InChI=1S/C18H19F3N2O3.ClH/c1-25-15-4-3-5-16(26-2)14(15)9-17(24)23-13-7-11(10-22)6-12(8-13)18(19,20)21;/h3-8H,9-10,22H2,1-2H3,(H,23,24);1H. The lowest BCUT2D eigenvalue weighted by atomic mass is 10.1. The van der Waals surface area contributed by atoms with Crippen LogP contribution in [-0.2, 0) is 23.9 Å². The smallest absolute Gasteiger partial charge is 0.416 e. The highest BCUT2D eigenvalue weighted by Crippen LogP contribution is 2.32. The van der Waals surface area contributed by atoms with Crippen molar-refractivity contribution in [3.63, 3.8) is 0 Å². The molecular weight excluding hydrogens is 385 g/mol. The average molecular weight is 405 g/mol. The molecular formula is C18H20ClF3N2O3. The van der Waals surface area contributed by atoms with Gasteiger partial charge < -0.3 is 20.5 Å². The Morgan fingerprint density at radius 2 is 1.70 bits per heavy atom. The van der Waals surface area contributed by atoms with Gasteiger partial charge in [-0.3, -0.25) is 4.79 Å². The third-order valence-electron chi connectivity index (χ3n) is 3.71. The Hall–Kier alpha value is -2.45. The summed E-state index contributed by atoms with van der Waals surface area (Å²) in [6, 6.07) is 8.28. The summed E-state index contributed by atoms with van der Waals surface area (Å²) in [5, 5.41) is 2.47. The fourth-order valence-electron chi connectivity index (χ4n) is 2.51. The molecule has 0 spiro atoms. The largest absolute Gasteiger partial charge is 0.496 e. The Kier molecular flexibility index (Phi) is 7.93. The summed E-state index contributed by atoms with van der Waals surface area (Å²) < 4.78 is 49.4. The first kappa shape index (κ1) is 22.6. The minimum atomic E-state index is -4.53.